The van der Waals surface area contributed by atoms with Gasteiger partial charge in [-0.1, -0.05) is 46.4 Å². The SMILES string of the molecule is C[C@@](O)(C(=O)N1CCC(N2CC(Nc3cc(Cl)c(C(=O)N4CC(F)(F)C4)c(Cl)c3)C2)CC1)c1cc(Cl)ccc1Cl.S. The molecule has 3 fully saturated rings. The Morgan fingerprint density at radius 3 is 2.12 bits per heavy atom. The van der Waals surface area contributed by atoms with Crippen LogP contribution in [0.25, 0.3) is 0 Å². The smallest absolute Gasteiger partial charge is 0.282 e. The summed E-state index contributed by atoms with van der Waals surface area (Å²) in [5.74, 6) is -3.88. The van der Waals surface area contributed by atoms with Crippen LogP contribution in [-0.4, -0.2) is 88.9 Å². The lowest BCUT2D eigenvalue weighted by Gasteiger charge is -2.48. The molecule has 2 N–H and O–H groups in total. The minimum absolute atomic E-state index is 0. The Morgan fingerprint density at radius 1 is 0.976 bits per heavy atom. The number of hydrogen-bond acceptors (Lipinski definition) is 5. The summed E-state index contributed by atoms with van der Waals surface area (Å²) in [5.41, 5.74) is -0.834. The number of nitrogens with one attached hydrogen (secondary N) is 1. The van der Waals surface area contributed by atoms with Crippen LogP contribution in [0.4, 0.5) is 14.5 Å². The van der Waals surface area contributed by atoms with Crippen molar-refractivity contribution in [2.24, 2.45) is 0 Å². The predicted octanol–water partition coefficient (Wildman–Crippen LogP) is 5.50. The number of carbonyl (C=O) groups excluding carboxylic acids is 2. The maximum Gasteiger partial charge on any atom is 0.282 e. The van der Waals surface area contributed by atoms with Crippen LogP contribution < -0.4 is 5.32 Å². The Morgan fingerprint density at radius 2 is 1.56 bits per heavy atom. The first-order valence-corrected chi connectivity index (χ1v) is 14.4. The lowest BCUT2D eigenvalue weighted by Crippen LogP contribution is -2.61. The van der Waals surface area contributed by atoms with Crippen LogP contribution in [0, 0.1) is 0 Å². The molecule has 3 aliphatic rings. The van der Waals surface area contributed by atoms with E-state index in [-0.39, 0.29) is 45.7 Å². The van der Waals surface area contributed by atoms with E-state index in [2.05, 4.69) is 10.2 Å². The van der Waals surface area contributed by atoms with Gasteiger partial charge in [0, 0.05) is 53.5 Å². The minimum atomic E-state index is -2.87. The highest BCUT2D eigenvalue weighted by molar-refractivity contribution is 7.59. The normalized spacial score (nSPS) is 20.9. The number of benzene rings is 2. The Labute approximate surface area is 264 Å². The summed E-state index contributed by atoms with van der Waals surface area (Å²) in [6.45, 7) is 2.72. The molecule has 0 saturated carbocycles. The number of anilines is 1. The number of alkyl halides is 2. The Bertz CT molecular complexity index is 1310. The van der Waals surface area contributed by atoms with E-state index in [9.17, 15) is 23.5 Å². The van der Waals surface area contributed by atoms with E-state index in [1.165, 1.54) is 13.0 Å². The number of rotatable bonds is 6. The lowest BCUT2D eigenvalue weighted by atomic mass is 9.92. The third-order valence-corrected chi connectivity index (χ3v) is 8.97. The molecule has 0 aromatic heterocycles. The van der Waals surface area contributed by atoms with E-state index in [1.54, 1.807) is 29.2 Å². The zero-order valence-corrected chi connectivity index (χ0v) is 26.1. The summed E-state index contributed by atoms with van der Waals surface area (Å²) >= 11 is 24.9. The van der Waals surface area contributed by atoms with Gasteiger partial charge in [-0.2, -0.15) is 13.5 Å². The Balaban J connectivity index is 0.00000387. The maximum atomic E-state index is 13.2. The minimum Gasteiger partial charge on any atom is -0.380 e. The van der Waals surface area contributed by atoms with Gasteiger partial charge in [0.05, 0.1) is 34.7 Å². The van der Waals surface area contributed by atoms with E-state index >= 15 is 0 Å². The van der Waals surface area contributed by atoms with E-state index in [4.69, 9.17) is 46.4 Å². The molecule has 3 saturated heterocycles. The van der Waals surface area contributed by atoms with E-state index in [1.807, 2.05) is 0 Å². The fourth-order valence-electron chi connectivity index (χ4n) is 5.54. The summed E-state index contributed by atoms with van der Waals surface area (Å²) in [6, 6.07) is 8.28. The first kappa shape index (κ1) is 32.4. The predicted molar refractivity (Wildman–Crippen MR) is 162 cm³/mol. The number of aliphatic hydroxyl groups is 1. The average Bonchev–Trinajstić information content (AvgIpc) is 2.85. The third-order valence-electron chi connectivity index (χ3n) is 7.81. The second kappa shape index (κ2) is 12.2. The van der Waals surface area contributed by atoms with Crippen LogP contribution in [-0.2, 0) is 10.4 Å². The van der Waals surface area contributed by atoms with Crippen LogP contribution in [0.15, 0.2) is 30.3 Å². The number of likely N-dealkylation sites (tertiary alicyclic amines) is 3. The zero-order valence-electron chi connectivity index (χ0n) is 22.1. The quantitative estimate of drug-likeness (QED) is 0.425. The summed E-state index contributed by atoms with van der Waals surface area (Å²) in [4.78, 5) is 30.7. The van der Waals surface area contributed by atoms with Gasteiger partial charge in [0.25, 0.3) is 17.7 Å². The van der Waals surface area contributed by atoms with Gasteiger partial charge in [-0.3, -0.25) is 14.5 Å². The van der Waals surface area contributed by atoms with Crippen LogP contribution in [0.5, 0.6) is 0 Å². The summed E-state index contributed by atoms with van der Waals surface area (Å²) in [6.07, 6.45) is 1.53. The van der Waals surface area contributed by atoms with Gasteiger partial charge in [0.2, 0.25) is 0 Å². The van der Waals surface area contributed by atoms with Crippen LogP contribution in [0.3, 0.4) is 0 Å². The molecule has 14 heteroatoms. The number of carbonyl (C=O) groups is 2. The average molecular weight is 670 g/mol. The van der Waals surface area contributed by atoms with E-state index in [0.29, 0.717) is 29.8 Å². The molecule has 1 atom stereocenters. The van der Waals surface area contributed by atoms with Crippen molar-refractivity contribution in [3.63, 3.8) is 0 Å². The highest BCUT2D eigenvalue weighted by atomic mass is 35.5. The van der Waals surface area contributed by atoms with Gasteiger partial charge >= 0.3 is 0 Å². The van der Waals surface area contributed by atoms with Crippen molar-refractivity contribution >= 4 is 77.4 Å². The van der Waals surface area contributed by atoms with Gasteiger partial charge in [0.1, 0.15) is 0 Å². The van der Waals surface area contributed by atoms with Crippen molar-refractivity contribution in [1.29, 1.82) is 0 Å². The number of piperidine rings is 1. The molecule has 0 radical (unpaired) electrons. The highest BCUT2D eigenvalue weighted by Crippen LogP contribution is 2.36. The fourth-order valence-corrected chi connectivity index (χ4v) is 6.66. The van der Waals surface area contributed by atoms with Crippen molar-refractivity contribution in [3.8, 4) is 0 Å². The van der Waals surface area contributed by atoms with Gasteiger partial charge < -0.3 is 20.2 Å². The topological polar surface area (TPSA) is 76.1 Å². The molecule has 3 heterocycles. The molecule has 3 aliphatic heterocycles. The van der Waals surface area contributed by atoms with Gasteiger partial charge in [-0.15, -0.1) is 0 Å². The summed E-state index contributed by atoms with van der Waals surface area (Å²) in [5, 5.41) is 15.3. The Kier molecular flexibility index (Phi) is 9.66. The van der Waals surface area contributed by atoms with Crippen molar-refractivity contribution in [1.82, 2.24) is 14.7 Å². The maximum absolute atomic E-state index is 13.2. The molecule has 0 spiro atoms. The molecule has 0 unspecified atom stereocenters. The monoisotopic (exact) mass is 668 g/mol. The third kappa shape index (κ3) is 6.69. The van der Waals surface area contributed by atoms with Crippen LogP contribution in [0.2, 0.25) is 20.1 Å². The van der Waals surface area contributed by atoms with Gasteiger partial charge in [-0.25, -0.2) is 8.78 Å². The summed E-state index contributed by atoms with van der Waals surface area (Å²) in [7, 11) is 0. The molecule has 5 rings (SSSR count). The number of halogens is 6. The van der Waals surface area contributed by atoms with Gasteiger partial charge in [-0.05, 0) is 50.1 Å². The van der Waals surface area contributed by atoms with Gasteiger partial charge in [0.15, 0.2) is 5.60 Å². The van der Waals surface area contributed by atoms with E-state index in [0.717, 1.165) is 30.8 Å². The van der Waals surface area contributed by atoms with Crippen molar-refractivity contribution in [3.05, 3.63) is 61.5 Å². The molecule has 2 aromatic carbocycles. The summed E-state index contributed by atoms with van der Waals surface area (Å²) < 4.78 is 26.3. The van der Waals surface area contributed by atoms with Crippen LogP contribution in [0.1, 0.15) is 35.7 Å². The number of nitrogens with zero attached hydrogens (tertiary/aromatic N) is 3. The molecule has 41 heavy (non-hydrogen) atoms. The molecule has 0 aliphatic carbocycles. The fraction of sp³-hybridized carbons (Fsp3) is 0.481. The molecular formula is C27H30Cl4F2N4O3S. The van der Waals surface area contributed by atoms with Crippen LogP contribution >= 0.6 is 59.9 Å². The number of amides is 2. The zero-order chi connectivity index (χ0) is 29.0. The van der Waals surface area contributed by atoms with Crippen molar-refractivity contribution in [2.75, 3.05) is 44.6 Å². The Hall–Kier alpha value is -1.53. The standard InChI is InChI=1S/C27H28Cl4F2N4O3.H2S/c1-26(40,19-8-15(28)2-3-20(19)29)25(39)35-6-4-18(5-7-35)36-11-17(12-36)34-16-9-21(30)23(22(31)10-16)24(38)37-13-27(32,33)14-37;/h2-3,8-10,17-18,34,40H,4-7,11-14H2,1H3;1H2/t26-;/m0./s1. The highest BCUT2D eigenvalue weighted by Gasteiger charge is 2.47. The molecule has 2 amide bonds. The first-order valence-electron chi connectivity index (χ1n) is 12.9. The first-order chi connectivity index (χ1) is 18.7. The van der Waals surface area contributed by atoms with Crippen molar-refractivity contribution in [2.45, 2.75) is 43.4 Å². The second-order valence-electron chi connectivity index (χ2n) is 10.8. The molecule has 0 bridgehead atoms. The van der Waals surface area contributed by atoms with E-state index < -0.39 is 36.4 Å². The lowest BCUT2D eigenvalue weighted by molar-refractivity contribution is -0.152. The number of hydrogen-bond donors (Lipinski definition) is 2. The molecule has 7 nitrogen and oxygen atoms in total. The molecular weight excluding hydrogens is 640 g/mol. The molecule has 2 aromatic rings. The van der Waals surface area contributed by atoms with Crippen molar-refractivity contribution < 1.29 is 23.5 Å². The largest absolute Gasteiger partial charge is 0.380 e. The molecule has 224 valence electrons. The second-order valence-corrected chi connectivity index (χ2v) is 12.5.